The second kappa shape index (κ2) is 2.96. The third kappa shape index (κ3) is 1.54. The van der Waals surface area contributed by atoms with E-state index in [0.717, 1.165) is 0 Å². The highest BCUT2D eigenvalue weighted by molar-refractivity contribution is 6.16. The molecule has 0 saturated heterocycles. The Bertz CT molecular complexity index is 277. The van der Waals surface area contributed by atoms with Crippen molar-refractivity contribution < 1.29 is 14.3 Å². The van der Waals surface area contributed by atoms with Crippen molar-refractivity contribution in [2.45, 2.75) is 12.8 Å². The van der Waals surface area contributed by atoms with Crippen LogP contribution in [0.2, 0.25) is 0 Å². The van der Waals surface area contributed by atoms with E-state index >= 15 is 0 Å². The number of carboxylic acids is 1. The van der Waals surface area contributed by atoms with Gasteiger partial charge in [0, 0.05) is 0 Å². The third-order valence-electron chi connectivity index (χ3n) is 1.33. The molecule has 0 radical (unpaired) electrons. The molecule has 3 nitrogen and oxygen atoms in total. The molecule has 1 heterocycles. The molecule has 0 aliphatic carbocycles. The Hall–Kier alpha value is -0.960. The lowest BCUT2D eigenvalue weighted by Gasteiger charge is -1.85. The maximum absolute atomic E-state index is 10.4. The normalized spacial score (nSPS) is 10.0. The SMILES string of the molecule is Cc1oc(CCl)cc1C(=O)O. The number of alkyl halides is 1. The van der Waals surface area contributed by atoms with E-state index < -0.39 is 5.97 Å². The summed E-state index contributed by atoms with van der Waals surface area (Å²) < 4.78 is 5.01. The number of aromatic carboxylic acids is 1. The van der Waals surface area contributed by atoms with Gasteiger partial charge in [-0.2, -0.15) is 0 Å². The van der Waals surface area contributed by atoms with Crippen molar-refractivity contribution in [1.82, 2.24) is 0 Å². The molecule has 11 heavy (non-hydrogen) atoms. The first kappa shape index (κ1) is 8.14. The summed E-state index contributed by atoms with van der Waals surface area (Å²) in [6, 6.07) is 1.44. The Labute approximate surface area is 68.6 Å². The van der Waals surface area contributed by atoms with E-state index in [4.69, 9.17) is 21.1 Å². The summed E-state index contributed by atoms with van der Waals surface area (Å²) in [5.41, 5.74) is 0.181. The van der Waals surface area contributed by atoms with Crippen molar-refractivity contribution in [3.8, 4) is 0 Å². The third-order valence-corrected chi connectivity index (χ3v) is 1.59. The molecule has 0 fully saturated rings. The van der Waals surface area contributed by atoms with Gasteiger partial charge in [-0.3, -0.25) is 0 Å². The number of aryl methyl sites for hydroxylation is 1. The van der Waals surface area contributed by atoms with Crippen LogP contribution in [0.4, 0.5) is 0 Å². The number of hydrogen-bond acceptors (Lipinski definition) is 2. The molecule has 4 heteroatoms. The van der Waals surface area contributed by atoms with Crippen LogP contribution in [0.5, 0.6) is 0 Å². The van der Waals surface area contributed by atoms with Crippen molar-refractivity contribution >= 4 is 17.6 Å². The van der Waals surface area contributed by atoms with Crippen molar-refractivity contribution in [1.29, 1.82) is 0 Å². The van der Waals surface area contributed by atoms with Crippen LogP contribution in [-0.2, 0) is 5.88 Å². The Morgan fingerprint density at radius 1 is 1.82 bits per heavy atom. The molecule has 0 amide bonds. The van der Waals surface area contributed by atoms with Crippen molar-refractivity contribution in [2.75, 3.05) is 0 Å². The number of hydrogen-bond donors (Lipinski definition) is 1. The van der Waals surface area contributed by atoms with Gasteiger partial charge in [-0.25, -0.2) is 4.79 Å². The van der Waals surface area contributed by atoms with Crippen LogP contribution < -0.4 is 0 Å². The van der Waals surface area contributed by atoms with E-state index in [-0.39, 0.29) is 11.4 Å². The zero-order chi connectivity index (χ0) is 8.43. The lowest BCUT2D eigenvalue weighted by atomic mass is 10.2. The first-order chi connectivity index (χ1) is 5.15. The van der Waals surface area contributed by atoms with Gasteiger partial charge in [-0.05, 0) is 13.0 Å². The van der Waals surface area contributed by atoms with E-state index in [1.54, 1.807) is 6.92 Å². The molecular weight excluding hydrogens is 168 g/mol. The van der Waals surface area contributed by atoms with Crippen LogP contribution in [0.25, 0.3) is 0 Å². The fourth-order valence-electron chi connectivity index (χ4n) is 0.822. The molecule has 0 saturated carbocycles. The predicted molar refractivity (Wildman–Crippen MR) is 40.0 cm³/mol. The van der Waals surface area contributed by atoms with Crippen molar-refractivity contribution in [3.63, 3.8) is 0 Å². The summed E-state index contributed by atoms with van der Waals surface area (Å²) in [6.45, 7) is 1.60. The summed E-state index contributed by atoms with van der Waals surface area (Å²) in [6.07, 6.45) is 0. The van der Waals surface area contributed by atoms with Gasteiger partial charge in [-0.15, -0.1) is 11.6 Å². The number of furan rings is 1. The molecule has 60 valence electrons. The summed E-state index contributed by atoms with van der Waals surface area (Å²) >= 11 is 5.43. The smallest absolute Gasteiger partial charge is 0.339 e. The van der Waals surface area contributed by atoms with Crippen LogP contribution in [-0.4, -0.2) is 11.1 Å². The molecule has 1 aromatic rings. The first-order valence-electron chi connectivity index (χ1n) is 3.03. The number of rotatable bonds is 2. The molecule has 0 aliphatic heterocycles. The Morgan fingerprint density at radius 3 is 2.73 bits per heavy atom. The molecule has 1 N–H and O–H groups in total. The van der Waals surface area contributed by atoms with Crippen LogP contribution in [0, 0.1) is 6.92 Å². The molecule has 1 aromatic heterocycles. The highest BCUT2D eigenvalue weighted by Crippen LogP contribution is 2.15. The molecular formula is C7H7ClO3. The average molecular weight is 175 g/mol. The summed E-state index contributed by atoms with van der Waals surface area (Å²) in [4.78, 5) is 10.4. The second-order valence-corrected chi connectivity index (χ2v) is 2.39. The van der Waals surface area contributed by atoms with E-state index in [0.29, 0.717) is 11.5 Å². The van der Waals surface area contributed by atoms with E-state index in [1.165, 1.54) is 6.07 Å². The summed E-state index contributed by atoms with van der Waals surface area (Å²) in [5.74, 6) is 0.103. The molecule has 0 aliphatic rings. The average Bonchev–Trinajstić information content (AvgIpc) is 2.30. The molecule has 0 aromatic carbocycles. The maximum atomic E-state index is 10.4. The fraction of sp³-hybridized carbons (Fsp3) is 0.286. The number of carbonyl (C=O) groups is 1. The molecule has 0 spiro atoms. The quantitative estimate of drug-likeness (QED) is 0.698. The lowest BCUT2D eigenvalue weighted by Crippen LogP contribution is -1.94. The maximum Gasteiger partial charge on any atom is 0.339 e. The van der Waals surface area contributed by atoms with E-state index in [1.807, 2.05) is 0 Å². The standard InChI is InChI=1S/C7H7ClO3/c1-4-6(7(9)10)2-5(3-8)11-4/h2H,3H2,1H3,(H,9,10). The monoisotopic (exact) mass is 174 g/mol. The van der Waals surface area contributed by atoms with Gasteiger partial charge < -0.3 is 9.52 Å². The van der Waals surface area contributed by atoms with E-state index in [9.17, 15) is 4.79 Å². The summed E-state index contributed by atoms with van der Waals surface area (Å²) in [5, 5.41) is 8.57. The largest absolute Gasteiger partial charge is 0.478 e. The first-order valence-corrected chi connectivity index (χ1v) is 3.57. The molecule has 0 atom stereocenters. The Balaban J connectivity index is 3.07. The van der Waals surface area contributed by atoms with Crippen LogP contribution >= 0.6 is 11.6 Å². The second-order valence-electron chi connectivity index (χ2n) is 2.12. The van der Waals surface area contributed by atoms with Gasteiger partial charge in [0.1, 0.15) is 17.1 Å². The minimum atomic E-state index is -0.984. The highest BCUT2D eigenvalue weighted by atomic mass is 35.5. The van der Waals surface area contributed by atoms with Crippen LogP contribution in [0.15, 0.2) is 10.5 Å². The molecule has 1 rings (SSSR count). The predicted octanol–water partition coefficient (Wildman–Crippen LogP) is 2.03. The lowest BCUT2D eigenvalue weighted by molar-refractivity contribution is 0.0695. The molecule has 0 bridgehead atoms. The number of halogens is 1. The van der Waals surface area contributed by atoms with Crippen molar-refractivity contribution in [2.24, 2.45) is 0 Å². The minimum Gasteiger partial charge on any atom is -0.478 e. The minimum absolute atomic E-state index is 0.181. The van der Waals surface area contributed by atoms with E-state index in [2.05, 4.69) is 0 Å². The summed E-state index contributed by atoms with van der Waals surface area (Å²) in [7, 11) is 0. The fourth-order valence-corrected chi connectivity index (χ4v) is 0.954. The van der Waals surface area contributed by atoms with Gasteiger partial charge in [0.25, 0.3) is 0 Å². The van der Waals surface area contributed by atoms with Gasteiger partial charge in [-0.1, -0.05) is 0 Å². The number of carboxylic acid groups (broad SMARTS) is 1. The van der Waals surface area contributed by atoms with Crippen molar-refractivity contribution in [3.05, 3.63) is 23.2 Å². The zero-order valence-corrected chi connectivity index (χ0v) is 6.68. The van der Waals surface area contributed by atoms with Crippen LogP contribution in [0.3, 0.4) is 0 Å². The van der Waals surface area contributed by atoms with Crippen LogP contribution in [0.1, 0.15) is 21.9 Å². The van der Waals surface area contributed by atoms with Gasteiger partial charge in [0.15, 0.2) is 0 Å². The van der Waals surface area contributed by atoms with Gasteiger partial charge >= 0.3 is 5.97 Å². The molecule has 0 unspecified atom stereocenters. The zero-order valence-electron chi connectivity index (χ0n) is 5.93. The van der Waals surface area contributed by atoms with Gasteiger partial charge in [0.05, 0.1) is 5.88 Å². The Morgan fingerprint density at radius 2 is 2.45 bits per heavy atom. The van der Waals surface area contributed by atoms with Gasteiger partial charge in [0.2, 0.25) is 0 Å². The topological polar surface area (TPSA) is 50.4 Å². The highest BCUT2D eigenvalue weighted by Gasteiger charge is 2.12. The Kier molecular flexibility index (Phi) is 2.19.